The van der Waals surface area contributed by atoms with Crippen LogP contribution in [0.3, 0.4) is 0 Å². The Kier molecular flexibility index (Phi) is 4.78. The van der Waals surface area contributed by atoms with E-state index in [9.17, 15) is 9.59 Å². The number of carbonyl (C=O) groups is 2. The summed E-state index contributed by atoms with van der Waals surface area (Å²) in [4.78, 5) is 21.3. The van der Waals surface area contributed by atoms with Gasteiger partial charge in [-0.15, -0.1) is 10.2 Å². The van der Waals surface area contributed by atoms with E-state index in [1.807, 2.05) is 0 Å². The maximum atomic E-state index is 10.9. The first-order valence-electron chi connectivity index (χ1n) is 4.94. The lowest BCUT2D eigenvalue weighted by molar-refractivity contribution is 0.236. The summed E-state index contributed by atoms with van der Waals surface area (Å²) in [6.07, 6.45) is 0. The fraction of sp³-hybridized carbons (Fsp3) is 0. The second-order valence-electron chi connectivity index (χ2n) is 3.19. The van der Waals surface area contributed by atoms with Gasteiger partial charge >= 0.3 is 12.1 Å². The molecule has 10 heteroatoms. The average molecular weight is 264 g/mol. The van der Waals surface area contributed by atoms with Crippen LogP contribution in [0.2, 0.25) is 0 Å². The molecule has 1 aromatic carbocycles. The first kappa shape index (κ1) is 13.9. The predicted molar refractivity (Wildman–Crippen MR) is 68.5 cm³/mol. The Bertz CT molecular complexity index is 518. The molecule has 0 spiro atoms. The third kappa shape index (κ3) is 5.63. The highest BCUT2D eigenvalue weighted by Crippen LogP contribution is 2.16. The van der Waals surface area contributed by atoms with Crippen LogP contribution in [0.5, 0.6) is 0 Å². The van der Waals surface area contributed by atoms with E-state index in [2.05, 4.69) is 20.8 Å². The van der Waals surface area contributed by atoms with Gasteiger partial charge in [0.2, 0.25) is 5.96 Å². The van der Waals surface area contributed by atoms with Gasteiger partial charge in [0.15, 0.2) is 0 Å². The van der Waals surface area contributed by atoms with Gasteiger partial charge in [-0.2, -0.15) is 0 Å². The summed E-state index contributed by atoms with van der Waals surface area (Å²) in [5.74, 6) is -0.105. The van der Waals surface area contributed by atoms with E-state index in [1.54, 1.807) is 29.6 Å². The van der Waals surface area contributed by atoms with Crippen molar-refractivity contribution in [2.75, 3.05) is 5.43 Å². The van der Waals surface area contributed by atoms with Crippen LogP contribution in [0.15, 0.2) is 39.6 Å². The third-order valence-corrected chi connectivity index (χ3v) is 1.67. The first-order valence-corrected chi connectivity index (χ1v) is 4.94. The van der Waals surface area contributed by atoms with Gasteiger partial charge in [0.1, 0.15) is 0 Å². The minimum absolute atomic E-state index is 0.105. The van der Waals surface area contributed by atoms with E-state index in [0.717, 1.165) is 0 Å². The van der Waals surface area contributed by atoms with Gasteiger partial charge in [-0.1, -0.05) is 5.11 Å². The Balaban J connectivity index is 2.61. The zero-order valence-electron chi connectivity index (χ0n) is 9.70. The number of hydrogen-bond acceptors (Lipinski definition) is 5. The van der Waals surface area contributed by atoms with Gasteiger partial charge in [-0.05, 0) is 24.3 Å². The number of hydrazone groups is 1. The standard InChI is InChI=1S/C9H12N8O2/c10-7(11)16-14-5-1-3-6(4-2-5)15-17-9(19)13-8(12)18/h1-4,14H,(H4,10,11,16)(H3,12,13,18,19). The second-order valence-corrected chi connectivity index (χ2v) is 3.19. The van der Waals surface area contributed by atoms with Gasteiger partial charge in [-0.25, -0.2) is 9.59 Å². The minimum atomic E-state index is -0.999. The van der Waals surface area contributed by atoms with Crippen molar-refractivity contribution in [1.82, 2.24) is 5.32 Å². The van der Waals surface area contributed by atoms with Crippen LogP contribution in [0.1, 0.15) is 0 Å². The molecule has 0 radical (unpaired) electrons. The van der Waals surface area contributed by atoms with Gasteiger partial charge in [-0.3, -0.25) is 10.7 Å². The minimum Gasteiger partial charge on any atom is -0.369 e. The summed E-state index contributed by atoms with van der Waals surface area (Å²) in [5, 5.41) is 12.1. The molecule has 10 nitrogen and oxygen atoms in total. The fourth-order valence-corrected chi connectivity index (χ4v) is 0.965. The van der Waals surface area contributed by atoms with Gasteiger partial charge in [0.05, 0.1) is 11.4 Å². The van der Waals surface area contributed by atoms with Crippen molar-refractivity contribution in [3.63, 3.8) is 0 Å². The highest BCUT2D eigenvalue weighted by atomic mass is 16.2. The molecule has 0 aliphatic rings. The monoisotopic (exact) mass is 264 g/mol. The summed E-state index contributed by atoms with van der Waals surface area (Å²) < 4.78 is 0. The van der Waals surface area contributed by atoms with E-state index in [4.69, 9.17) is 17.2 Å². The van der Waals surface area contributed by atoms with Crippen molar-refractivity contribution < 1.29 is 9.59 Å². The van der Waals surface area contributed by atoms with E-state index in [1.165, 1.54) is 0 Å². The molecule has 0 unspecified atom stereocenters. The number of primary amides is 1. The summed E-state index contributed by atoms with van der Waals surface area (Å²) in [6.45, 7) is 0. The van der Waals surface area contributed by atoms with E-state index in [0.29, 0.717) is 11.4 Å². The number of guanidine groups is 1. The maximum absolute atomic E-state index is 10.9. The molecule has 0 heterocycles. The summed E-state index contributed by atoms with van der Waals surface area (Å²) in [5.41, 5.74) is 18.6. The molecule has 0 bridgehead atoms. The number of hydrogen-bond donors (Lipinski definition) is 5. The van der Waals surface area contributed by atoms with Crippen LogP contribution in [0.4, 0.5) is 21.0 Å². The molecule has 1 rings (SSSR count). The Labute approximate surface area is 107 Å². The topological polar surface area (TPSA) is 173 Å². The number of carbonyl (C=O) groups excluding carboxylic acids is 2. The molecule has 0 aliphatic heterocycles. The first-order chi connectivity index (χ1) is 8.97. The molecule has 0 atom stereocenters. The van der Waals surface area contributed by atoms with E-state index < -0.39 is 12.1 Å². The second kappa shape index (κ2) is 6.54. The van der Waals surface area contributed by atoms with Crippen LogP contribution in [-0.2, 0) is 0 Å². The van der Waals surface area contributed by atoms with Crippen molar-refractivity contribution >= 4 is 29.4 Å². The third-order valence-electron chi connectivity index (χ3n) is 1.67. The fourth-order valence-electron chi connectivity index (χ4n) is 0.965. The number of benzene rings is 1. The Morgan fingerprint density at radius 1 is 1.05 bits per heavy atom. The molecule has 0 saturated heterocycles. The highest BCUT2D eigenvalue weighted by molar-refractivity contribution is 5.92. The lowest BCUT2D eigenvalue weighted by atomic mass is 10.3. The zero-order valence-corrected chi connectivity index (χ0v) is 9.70. The number of azo groups is 1. The molecular weight excluding hydrogens is 252 g/mol. The van der Waals surface area contributed by atoms with Crippen LogP contribution >= 0.6 is 0 Å². The number of amides is 4. The lowest BCUT2D eigenvalue weighted by Crippen LogP contribution is -2.32. The molecule has 1 aromatic rings. The van der Waals surface area contributed by atoms with Crippen LogP contribution in [0, 0.1) is 0 Å². The molecule has 4 amide bonds. The van der Waals surface area contributed by atoms with Crippen LogP contribution < -0.4 is 27.9 Å². The molecule has 100 valence electrons. The van der Waals surface area contributed by atoms with E-state index in [-0.39, 0.29) is 5.96 Å². The van der Waals surface area contributed by atoms with Gasteiger partial charge in [0, 0.05) is 0 Å². The number of imide groups is 1. The van der Waals surface area contributed by atoms with Gasteiger partial charge in [0.25, 0.3) is 0 Å². The smallest absolute Gasteiger partial charge is 0.367 e. The Morgan fingerprint density at radius 3 is 2.21 bits per heavy atom. The summed E-state index contributed by atoms with van der Waals surface area (Å²) in [7, 11) is 0. The number of anilines is 1. The maximum Gasteiger partial charge on any atom is 0.367 e. The molecule has 0 aliphatic carbocycles. The Hall–Kier alpha value is -3.17. The molecule has 0 fully saturated rings. The van der Waals surface area contributed by atoms with Crippen LogP contribution in [0.25, 0.3) is 0 Å². The average Bonchev–Trinajstić information content (AvgIpc) is 2.34. The summed E-state index contributed by atoms with van der Waals surface area (Å²) in [6, 6.07) is 4.41. The molecule has 19 heavy (non-hydrogen) atoms. The normalized spacial score (nSPS) is 9.89. The largest absolute Gasteiger partial charge is 0.369 e. The zero-order chi connectivity index (χ0) is 14.3. The van der Waals surface area contributed by atoms with Gasteiger partial charge < -0.3 is 17.2 Å². The number of urea groups is 2. The molecular formula is C9H12N8O2. The number of nitrogens with one attached hydrogen (secondary N) is 2. The van der Waals surface area contributed by atoms with Crippen molar-refractivity contribution in [2.45, 2.75) is 0 Å². The highest BCUT2D eigenvalue weighted by Gasteiger charge is 2.00. The van der Waals surface area contributed by atoms with Crippen molar-refractivity contribution in [3.05, 3.63) is 24.3 Å². The molecule has 0 aromatic heterocycles. The molecule has 0 saturated carbocycles. The molecule has 8 N–H and O–H groups in total. The van der Waals surface area contributed by atoms with Crippen LogP contribution in [-0.4, -0.2) is 18.0 Å². The van der Waals surface area contributed by atoms with Crippen molar-refractivity contribution in [2.24, 2.45) is 32.5 Å². The predicted octanol–water partition coefficient (Wildman–Crippen LogP) is 0.159. The van der Waals surface area contributed by atoms with Crippen molar-refractivity contribution in [3.8, 4) is 0 Å². The number of nitrogens with two attached hydrogens (primary N) is 3. The SMILES string of the molecule is NC(=O)NC(=O)N=Nc1ccc(NN=C(N)N)cc1. The Morgan fingerprint density at radius 2 is 1.68 bits per heavy atom. The van der Waals surface area contributed by atoms with Crippen molar-refractivity contribution in [1.29, 1.82) is 0 Å². The lowest BCUT2D eigenvalue weighted by Gasteiger charge is -2.00. The quantitative estimate of drug-likeness (QED) is 0.226. The summed E-state index contributed by atoms with van der Waals surface area (Å²) >= 11 is 0. The number of nitrogens with zero attached hydrogens (tertiary/aromatic N) is 3. The number of rotatable bonds is 3. The van der Waals surface area contributed by atoms with E-state index >= 15 is 0 Å².